The number of esters is 1. The van der Waals surface area contributed by atoms with Gasteiger partial charge in [-0.2, -0.15) is 0 Å². The van der Waals surface area contributed by atoms with Crippen molar-refractivity contribution in [2.45, 2.75) is 0 Å². The van der Waals surface area contributed by atoms with E-state index >= 15 is 0 Å². The summed E-state index contributed by atoms with van der Waals surface area (Å²) in [5.41, 5.74) is 4.88. The fourth-order valence-corrected chi connectivity index (χ4v) is 3.86. The van der Waals surface area contributed by atoms with Crippen molar-refractivity contribution in [1.29, 1.82) is 0 Å². The number of anilines is 1. The van der Waals surface area contributed by atoms with Gasteiger partial charge in [-0.15, -0.1) is 0 Å². The second-order valence-electron chi connectivity index (χ2n) is 7.85. The normalized spacial score (nSPS) is 10.6. The molecular weight excluding hydrogens is 438 g/mol. The number of ether oxygens (including phenoxy) is 1. The lowest BCUT2D eigenvalue weighted by Crippen LogP contribution is -2.21. The Labute approximate surface area is 202 Å². The molecule has 170 valence electrons. The first-order valence-electron chi connectivity index (χ1n) is 11.1. The van der Waals surface area contributed by atoms with Crippen molar-refractivity contribution in [2.24, 2.45) is 0 Å². The number of fused-ring (bicyclic) bond motifs is 1. The van der Waals surface area contributed by atoms with Crippen LogP contribution in [0.15, 0.2) is 109 Å². The van der Waals surface area contributed by atoms with E-state index in [4.69, 9.17) is 4.74 Å². The van der Waals surface area contributed by atoms with Crippen molar-refractivity contribution >= 4 is 28.5 Å². The number of nitrogens with one attached hydrogen (secondary N) is 1. The summed E-state index contributed by atoms with van der Waals surface area (Å²) in [5, 5.41) is 3.51. The molecule has 0 fully saturated rings. The largest absolute Gasteiger partial charge is 0.452 e. The summed E-state index contributed by atoms with van der Waals surface area (Å²) in [4.78, 5) is 34.5. The topological polar surface area (TPSA) is 81.2 Å². The molecule has 0 aliphatic rings. The Hall–Kier alpha value is -4.84. The van der Waals surface area contributed by atoms with Gasteiger partial charge in [-0.05, 0) is 35.9 Å². The predicted octanol–water partition coefficient (Wildman–Crippen LogP) is 5.76. The van der Waals surface area contributed by atoms with E-state index in [0.29, 0.717) is 27.8 Å². The first kappa shape index (κ1) is 22.0. The second kappa shape index (κ2) is 9.97. The molecule has 0 aliphatic heterocycles. The summed E-state index contributed by atoms with van der Waals surface area (Å²) in [6, 6.07) is 29.9. The number of para-hydroxylation sites is 2. The molecule has 5 rings (SSSR count). The van der Waals surface area contributed by atoms with E-state index in [1.807, 2.05) is 91.0 Å². The van der Waals surface area contributed by atoms with Crippen LogP contribution in [0.5, 0.6) is 0 Å². The van der Waals surface area contributed by atoms with Gasteiger partial charge in [-0.1, -0.05) is 66.7 Å². The van der Waals surface area contributed by atoms with Gasteiger partial charge in [0.2, 0.25) is 0 Å². The van der Waals surface area contributed by atoms with Crippen molar-refractivity contribution in [3.05, 3.63) is 115 Å². The molecule has 0 unspecified atom stereocenters. The van der Waals surface area contributed by atoms with E-state index in [1.165, 1.54) is 0 Å². The van der Waals surface area contributed by atoms with Crippen LogP contribution in [0.3, 0.4) is 0 Å². The van der Waals surface area contributed by atoms with Crippen molar-refractivity contribution in [2.75, 3.05) is 11.9 Å². The van der Waals surface area contributed by atoms with Crippen molar-refractivity contribution in [1.82, 2.24) is 9.97 Å². The summed E-state index contributed by atoms with van der Waals surface area (Å²) in [5.74, 6) is -1.02. The van der Waals surface area contributed by atoms with Gasteiger partial charge >= 0.3 is 5.97 Å². The zero-order valence-corrected chi connectivity index (χ0v) is 18.7. The Morgan fingerprint density at radius 1 is 0.800 bits per heavy atom. The van der Waals surface area contributed by atoms with Gasteiger partial charge in [0.25, 0.3) is 5.91 Å². The van der Waals surface area contributed by atoms with Crippen LogP contribution >= 0.6 is 0 Å². The molecule has 0 saturated carbocycles. The number of rotatable bonds is 6. The summed E-state index contributed by atoms with van der Waals surface area (Å²) >= 11 is 0. The number of aromatic nitrogens is 2. The molecule has 0 spiro atoms. The smallest absolute Gasteiger partial charge is 0.339 e. The Morgan fingerprint density at radius 2 is 1.54 bits per heavy atom. The van der Waals surface area contributed by atoms with E-state index in [0.717, 1.165) is 16.7 Å². The lowest BCUT2D eigenvalue weighted by atomic mass is 10.0. The van der Waals surface area contributed by atoms with Crippen LogP contribution in [0.25, 0.3) is 33.3 Å². The summed E-state index contributed by atoms with van der Waals surface area (Å²) in [7, 11) is 0. The van der Waals surface area contributed by atoms with Crippen LogP contribution in [-0.2, 0) is 9.53 Å². The van der Waals surface area contributed by atoms with Crippen LogP contribution in [0.1, 0.15) is 10.4 Å². The Morgan fingerprint density at radius 3 is 2.37 bits per heavy atom. The summed E-state index contributed by atoms with van der Waals surface area (Å²) < 4.78 is 5.41. The Bertz CT molecular complexity index is 1500. The molecule has 35 heavy (non-hydrogen) atoms. The van der Waals surface area contributed by atoms with E-state index in [2.05, 4.69) is 15.3 Å². The number of nitrogens with zero attached hydrogens (tertiary/aromatic N) is 2. The SMILES string of the molecule is O=C(COC(=O)c1cc(-c2cccnc2)nc2ccccc12)Nc1ccccc1-c1ccccc1. The van der Waals surface area contributed by atoms with Crippen LogP contribution < -0.4 is 5.32 Å². The number of pyridine rings is 2. The lowest BCUT2D eigenvalue weighted by Gasteiger charge is -2.12. The Balaban J connectivity index is 1.35. The highest BCUT2D eigenvalue weighted by Crippen LogP contribution is 2.28. The second-order valence-corrected chi connectivity index (χ2v) is 7.85. The number of hydrogen-bond donors (Lipinski definition) is 1. The molecule has 3 aromatic carbocycles. The fourth-order valence-electron chi connectivity index (χ4n) is 3.86. The Kier molecular flexibility index (Phi) is 6.26. The highest BCUT2D eigenvalue weighted by atomic mass is 16.5. The van der Waals surface area contributed by atoms with E-state index in [1.54, 1.807) is 18.5 Å². The van der Waals surface area contributed by atoms with E-state index in [9.17, 15) is 9.59 Å². The minimum atomic E-state index is -0.597. The van der Waals surface area contributed by atoms with Crippen molar-refractivity contribution < 1.29 is 14.3 Å². The number of amides is 1. The number of carbonyl (C=O) groups excluding carboxylic acids is 2. The van der Waals surface area contributed by atoms with Gasteiger partial charge in [0, 0.05) is 34.6 Å². The van der Waals surface area contributed by atoms with Crippen molar-refractivity contribution in [3.8, 4) is 22.4 Å². The standard InChI is InChI=1S/C29H21N3O3/c33-28(32-25-14-6-4-12-22(25)20-9-2-1-3-10-20)19-35-29(34)24-17-27(21-11-8-16-30-18-21)31-26-15-7-5-13-23(24)26/h1-18H,19H2,(H,32,33). The fraction of sp³-hybridized carbons (Fsp3) is 0.0345. The van der Waals surface area contributed by atoms with Crippen molar-refractivity contribution in [3.63, 3.8) is 0 Å². The average Bonchev–Trinajstić information content (AvgIpc) is 2.92. The summed E-state index contributed by atoms with van der Waals surface area (Å²) in [6.07, 6.45) is 3.36. The first-order chi connectivity index (χ1) is 17.2. The molecule has 0 saturated heterocycles. The van der Waals surface area contributed by atoms with Gasteiger partial charge in [0.15, 0.2) is 6.61 Å². The minimum Gasteiger partial charge on any atom is -0.452 e. The first-order valence-corrected chi connectivity index (χ1v) is 11.1. The quantitative estimate of drug-likeness (QED) is 0.327. The maximum atomic E-state index is 13.0. The van der Waals surface area contributed by atoms with Crippen LogP contribution in [0, 0.1) is 0 Å². The maximum absolute atomic E-state index is 13.0. The minimum absolute atomic E-state index is 0.340. The lowest BCUT2D eigenvalue weighted by molar-refractivity contribution is -0.119. The average molecular weight is 460 g/mol. The third-order valence-corrected chi connectivity index (χ3v) is 5.51. The van der Waals surface area contributed by atoms with Crippen LogP contribution in [-0.4, -0.2) is 28.5 Å². The predicted molar refractivity (Wildman–Crippen MR) is 136 cm³/mol. The third kappa shape index (κ3) is 4.91. The summed E-state index contributed by atoms with van der Waals surface area (Å²) in [6.45, 7) is -0.416. The van der Waals surface area contributed by atoms with Gasteiger partial charge in [0.05, 0.1) is 16.8 Å². The van der Waals surface area contributed by atoms with E-state index < -0.39 is 18.5 Å². The number of benzene rings is 3. The van der Waals surface area contributed by atoms with Gasteiger partial charge in [-0.3, -0.25) is 9.78 Å². The van der Waals surface area contributed by atoms with Crippen LogP contribution in [0.4, 0.5) is 5.69 Å². The third-order valence-electron chi connectivity index (χ3n) is 5.51. The molecule has 6 heteroatoms. The highest BCUT2D eigenvalue weighted by Gasteiger charge is 2.17. The van der Waals surface area contributed by atoms with Gasteiger partial charge < -0.3 is 10.1 Å². The van der Waals surface area contributed by atoms with Gasteiger partial charge in [0.1, 0.15) is 0 Å². The molecule has 1 amide bonds. The van der Waals surface area contributed by atoms with Crippen LogP contribution in [0.2, 0.25) is 0 Å². The molecule has 5 aromatic rings. The molecule has 0 atom stereocenters. The molecular formula is C29H21N3O3. The van der Waals surface area contributed by atoms with E-state index in [-0.39, 0.29) is 0 Å². The maximum Gasteiger partial charge on any atom is 0.339 e. The highest BCUT2D eigenvalue weighted by molar-refractivity contribution is 6.05. The molecule has 1 N–H and O–H groups in total. The molecule has 2 aromatic heterocycles. The molecule has 0 bridgehead atoms. The monoisotopic (exact) mass is 459 g/mol. The zero-order valence-electron chi connectivity index (χ0n) is 18.7. The molecule has 0 radical (unpaired) electrons. The molecule has 6 nitrogen and oxygen atoms in total. The number of carbonyl (C=O) groups is 2. The zero-order chi connectivity index (χ0) is 24.0. The molecule has 0 aliphatic carbocycles. The molecule has 2 heterocycles. The van der Waals surface area contributed by atoms with Gasteiger partial charge in [-0.25, -0.2) is 9.78 Å². The number of hydrogen-bond acceptors (Lipinski definition) is 5.